The van der Waals surface area contributed by atoms with E-state index < -0.39 is 60.2 Å². The highest BCUT2D eigenvalue weighted by Crippen LogP contribution is 2.12. The molecule has 0 radical (unpaired) electrons. The molecule has 210 valence electrons. The van der Waals surface area contributed by atoms with Gasteiger partial charge in [-0.1, -0.05) is 24.3 Å². The molecule has 2 rings (SSSR count). The number of phenols is 2. The number of nitrogens with two attached hydrogens (primary N) is 2. The number of carbonyl (C=O) groups excluding carboxylic acids is 4. The molecule has 13 nitrogen and oxygen atoms in total. The lowest BCUT2D eigenvalue weighted by atomic mass is 10.0. The monoisotopic (exact) mass is 561 g/mol. The lowest BCUT2D eigenvalue weighted by Crippen LogP contribution is -2.58. The number of aliphatic carboxylic acids is 1. The van der Waals surface area contributed by atoms with Crippen LogP contribution < -0.4 is 27.4 Å². The number of benzene rings is 2. The van der Waals surface area contributed by atoms with Gasteiger partial charge in [0.25, 0.3) is 0 Å². The van der Waals surface area contributed by atoms with E-state index in [0.29, 0.717) is 11.1 Å². The molecule has 0 aliphatic rings. The van der Waals surface area contributed by atoms with E-state index in [1.54, 1.807) is 12.1 Å². The van der Waals surface area contributed by atoms with Gasteiger partial charge in [0.05, 0.1) is 12.5 Å². The van der Waals surface area contributed by atoms with Crippen molar-refractivity contribution in [2.75, 3.05) is 5.75 Å². The Morgan fingerprint density at radius 2 is 1.15 bits per heavy atom. The zero-order chi connectivity index (χ0) is 29.1. The fourth-order valence-electron chi connectivity index (χ4n) is 3.47. The molecule has 10 N–H and O–H groups in total. The van der Waals surface area contributed by atoms with Gasteiger partial charge in [0.2, 0.25) is 23.6 Å². The maximum absolute atomic E-state index is 12.9. The van der Waals surface area contributed by atoms with Gasteiger partial charge in [-0.05, 0) is 41.8 Å². The highest BCUT2D eigenvalue weighted by atomic mass is 32.1. The first kappa shape index (κ1) is 30.9. The van der Waals surface area contributed by atoms with E-state index in [2.05, 4.69) is 28.6 Å². The number of rotatable bonds is 14. The molecule has 4 amide bonds. The topological polar surface area (TPSA) is 234 Å². The summed E-state index contributed by atoms with van der Waals surface area (Å²) >= 11 is 4.05. The first-order valence-electron chi connectivity index (χ1n) is 11.7. The lowest BCUT2D eigenvalue weighted by Gasteiger charge is -2.24. The molecule has 0 heterocycles. The molecule has 0 bridgehead atoms. The molecule has 39 heavy (non-hydrogen) atoms. The van der Waals surface area contributed by atoms with E-state index in [0.717, 1.165) is 0 Å². The third-order valence-electron chi connectivity index (χ3n) is 5.57. The van der Waals surface area contributed by atoms with E-state index in [-0.39, 0.29) is 30.1 Å². The van der Waals surface area contributed by atoms with Crippen molar-refractivity contribution < 1.29 is 39.3 Å². The number of aromatic hydroxyl groups is 2. The van der Waals surface area contributed by atoms with Crippen molar-refractivity contribution in [3.63, 3.8) is 0 Å². The Morgan fingerprint density at radius 3 is 1.62 bits per heavy atom. The second-order valence-electron chi connectivity index (χ2n) is 8.72. The van der Waals surface area contributed by atoms with Crippen LogP contribution in [0.3, 0.4) is 0 Å². The van der Waals surface area contributed by atoms with Crippen molar-refractivity contribution in [2.24, 2.45) is 11.5 Å². The minimum Gasteiger partial charge on any atom is -0.508 e. The van der Waals surface area contributed by atoms with E-state index in [1.165, 1.54) is 36.4 Å². The Morgan fingerprint density at radius 1 is 0.718 bits per heavy atom. The minimum absolute atomic E-state index is 0.00794. The summed E-state index contributed by atoms with van der Waals surface area (Å²) in [4.78, 5) is 61.6. The fourth-order valence-corrected chi connectivity index (χ4v) is 3.73. The first-order valence-corrected chi connectivity index (χ1v) is 12.4. The van der Waals surface area contributed by atoms with Crippen molar-refractivity contribution in [3.8, 4) is 11.5 Å². The van der Waals surface area contributed by atoms with Crippen LogP contribution in [0.2, 0.25) is 0 Å². The third-order valence-corrected chi connectivity index (χ3v) is 5.94. The molecular formula is C25H31N5O8S. The van der Waals surface area contributed by atoms with Gasteiger partial charge in [0.15, 0.2) is 0 Å². The van der Waals surface area contributed by atoms with Crippen LogP contribution in [0.1, 0.15) is 17.5 Å². The standard InChI is InChI=1S/C25H31N5O8S/c26-17(9-13-1-5-15(31)6-2-13)22(34)28-18(11-21(27)33)23(35)30-20(12-39)24(36)29-19(25(37)38)10-14-3-7-16(32)8-4-14/h1-8,17-20,31-32,39H,9-12,26H2,(H2,27,33)(H,28,34)(H,29,36)(H,30,35)(H,37,38). The Labute approximate surface area is 229 Å². The number of carbonyl (C=O) groups is 5. The number of nitrogens with one attached hydrogen (secondary N) is 3. The zero-order valence-corrected chi connectivity index (χ0v) is 21.6. The van der Waals surface area contributed by atoms with Crippen LogP contribution in [-0.2, 0) is 36.8 Å². The van der Waals surface area contributed by atoms with Crippen molar-refractivity contribution in [1.29, 1.82) is 0 Å². The quantitative estimate of drug-likeness (QED) is 0.123. The molecule has 0 aliphatic carbocycles. The summed E-state index contributed by atoms with van der Waals surface area (Å²) in [7, 11) is 0. The van der Waals surface area contributed by atoms with Gasteiger partial charge in [-0.3, -0.25) is 19.2 Å². The van der Waals surface area contributed by atoms with Crippen LogP contribution >= 0.6 is 12.6 Å². The van der Waals surface area contributed by atoms with Crippen LogP contribution in [0.4, 0.5) is 0 Å². The van der Waals surface area contributed by atoms with Gasteiger partial charge in [-0.2, -0.15) is 12.6 Å². The van der Waals surface area contributed by atoms with Crippen molar-refractivity contribution in [2.45, 2.75) is 43.4 Å². The predicted octanol–water partition coefficient (Wildman–Crippen LogP) is -1.45. The number of amides is 4. The summed E-state index contributed by atoms with van der Waals surface area (Å²) in [5, 5.41) is 35.3. The molecule has 4 atom stereocenters. The van der Waals surface area contributed by atoms with Crippen molar-refractivity contribution in [1.82, 2.24) is 16.0 Å². The van der Waals surface area contributed by atoms with Crippen molar-refractivity contribution in [3.05, 3.63) is 59.7 Å². The summed E-state index contributed by atoms with van der Waals surface area (Å²) in [5.41, 5.74) is 12.3. The van der Waals surface area contributed by atoms with Gasteiger partial charge < -0.3 is 42.7 Å². The molecule has 0 saturated heterocycles. The summed E-state index contributed by atoms with van der Waals surface area (Å²) in [5.74, 6) is -5.01. The molecule has 4 unspecified atom stereocenters. The number of carboxylic acids is 1. The van der Waals surface area contributed by atoms with E-state index in [9.17, 15) is 39.3 Å². The number of carboxylic acid groups (broad SMARTS) is 1. The fraction of sp³-hybridized carbons (Fsp3) is 0.320. The van der Waals surface area contributed by atoms with E-state index in [1.807, 2.05) is 0 Å². The average Bonchev–Trinajstić information content (AvgIpc) is 2.88. The van der Waals surface area contributed by atoms with Gasteiger partial charge in [-0.15, -0.1) is 0 Å². The second-order valence-corrected chi connectivity index (χ2v) is 9.09. The Balaban J connectivity index is 2.05. The Bertz CT molecular complexity index is 1180. The molecule has 0 aromatic heterocycles. The van der Waals surface area contributed by atoms with Crippen LogP contribution in [0.15, 0.2) is 48.5 Å². The largest absolute Gasteiger partial charge is 0.508 e. The first-order chi connectivity index (χ1) is 18.4. The predicted molar refractivity (Wildman–Crippen MR) is 143 cm³/mol. The molecular weight excluding hydrogens is 530 g/mol. The minimum atomic E-state index is -1.47. The van der Waals surface area contributed by atoms with Gasteiger partial charge in [0.1, 0.15) is 29.6 Å². The number of hydrogen-bond donors (Lipinski definition) is 9. The Hall–Kier alpha value is -4.30. The normalized spacial score (nSPS) is 13.8. The van der Waals surface area contributed by atoms with Crippen molar-refractivity contribution >= 4 is 42.2 Å². The van der Waals surface area contributed by atoms with E-state index >= 15 is 0 Å². The second kappa shape index (κ2) is 14.6. The molecule has 0 saturated carbocycles. The van der Waals surface area contributed by atoms with Gasteiger partial charge in [-0.25, -0.2) is 4.79 Å². The summed E-state index contributed by atoms with van der Waals surface area (Å²) in [6.45, 7) is 0. The highest BCUT2D eigenvalue weighted by molar-refractivity contribution is 7.80. The molecule has 2 aromatic carbocycles. The molecule has 14 heteroatoms. The summed E-state index contributed by atoms with van der Waals surface area (Å²) in [6, 6.07) is 6.46. The van der Waals surface area contributed by atoms with Gasteiger partial charge >= 0.3 is 5.97 Å². The maximum atomic E-state index is 12.9. The summed E-state index contributed by atoms with van der Waals surface area (Å²) < 4.78 is 0. The lowest BCUT2D eigenvalue weighted by molar-refractivity contribution is -0.142. The smallest absolute Gasteiger partial charge is 0.326 e. The molecule has 2 aromatic rings. The molecule has 0 fully saturated rings. The van der Waals surface area contributed by atoms with Gasteiger partial charge in [0, 0.05) is 12.2 Å². The summed E-state index contributed by atoms with van der Waals surface area (Å²) in [6.07, 6.45) is -0.632. The number of hydrogen-bond acceptors (Lipinski definition) is 9. The third kappa shape index (κ3) is 10.2. The average molecular weight is 562 g/mol. The highest BCUT2D eigenvalue weighted by Gasteiger charge is 2.30. The molecule has 0 aliphatic heterocycles. The van der Waals surface area contributed by atoms with Crippen LogP contribution in [-0.4, -0.2) is 74.8 Å². The zero-order valence-electron chi connectivity index (χ0n) is 20.7. The number of thiol groups is 1. The Kier molecular flexibility index (Phi) is 11.6. The SMILES string of the molecule is NC(=O)CC(NC(=O)C(N)Cc1ccc(O)cc1)C(=O)NC(CS)C(=O)NC(Cc1ccc(O)cc1)C(=O)O. The number of phenolic OH excluding ortho intramolecular Hbond substituents is 2. The maximum Gasteiger partial charge on any atom is 0.326 e. The van der Waals surface area contributed by atoms with E-state index in [4.69, 9.17) is 11.5 Å². The van der Waals surface area contributed by atoms with Crippen LogP contribution in [0.5, 0.6) is 11.5 Å². The number of primary amides is 1. The van der Waals surface area contributed by atoms with Crippen LogP contribution in [0, 0.1) is 0 Å². The molecule has 0 spiro atoms. The van der Waals surface area contributed by atoms with Crippen LogP contribution in [0.25, 0.3) is 0 Å².